The van der Waals surface area contributed by atoms with Crippen molar-refractivity contribution in [3.63, 3.8) is 0 Å². The largest absolute Gasteiger partial charge is 0.495 e. The molecule has 2 rings (SSSR count). The van der Waals surface area contributed by atoms with E-state index in [-0.39, 0.29) is 0 Å². The van der Waals surface area contributed by atoms with Gasteiger partial charge in [0.1, 0.15) is 10.1 Å². The molecule has 3 nitrogen and oxygen atoms in total. The predicted octanol–water partition coefficient (Wildman–Crippen LogP) is 4.85. The van der Waals surface area contributed by atoms with Crippen molar-refractivity contribution in [2.45, 2.75) is 13.1 Å². The molecule has 2 aromatic rings. The fourth-order valence-electron chi connectivity index (χ4n) is 2.02. The average Bonchev–Trinajstić information content (AvgIpc) is 2.75. The van der Waals surface area contributed by atoms with Gasteiger partial charge in [-0.3, -0.25) is 0 Å². The maximum Gasteiger partial charge on any atom is 0.141 e. The van der Waals surface area contributed by atoms with Crippen LogP contribution in [0.2, 0.25) is 4.34 Å². The fraction of sp³-hybridized carbons (Fsp3) is 0.333. The van der Waals surface area contributed by atoms with Crippen molar-refractivity contribution in [1.29, 1.82) is 0 Å². The van der Waals surface area contributed by atoms with Gasteiger partial charge in [-0.2, -0.15) is 0 Å². The standard InChI is InChI=1S/C15H18BrClN2OS/c1-19(2)9-10-4-5-14(20-3)13(6-10)18-8-11-7-12(16)15(17)21-11/h4-7,18H,8-9H2,1-3H3. The summed E-state index contributed by atoms with van der Waals surface area (Å²) in [5.74, 6) is 0.847. The third-order valence-corrected chi connectivity index (χ3v) is 5.39. The first-order valence-electron chi connectivity index (χ1n) is 6.49. The Kier molecular flexibility index (Phi) is 5.93. The fourth-order valence-corrected chi connectivity index (χ4v) is 3.75. The van der Waals surface area contributed by atoms with Gasteiger partial charge in [-0.15, -0.1) is 11.3 Å². The van der Waals surface area contributed by atoms with Crippen LogP contribution in [0.25, 0.3) is 0 Å². The molecule has 6 heteroatoms. The van der Waals surface area contributed by atoms with Crippen LogP contribution in [0.4, 0.5) is 5.69 Å². The molecule has 0 bridgehead atoms. The number of nitrogens with zero attached hydrogens (tertiary/aromatic N) is 1. The molecule has 0 saturated heterocycles. The minimum absolute atomic E-state index is 0.720. The lowest BCUT2D eigenvalue weighted by Gasteiger charge is -2.14. The smallest absolute Gasteiger partial charge is 0.141 e. The zero-order chi connectivity index (χ0) is 15.4. The second kappa shape index (κ2) is 7.49. The topological polar surface area (TPSA) is 24.5 Å². The van der Waals surface area contributed by atoms with Crippen LogP contribution >= 0.6 is 38.9 Å². The van der Waals surface area contributed by atoms with E-state index in [9.17, 15) is 0 Å². The van der Waals surface area contributed by atoms with Gasteiger partial charge in [0.2, 0.25) is 0 Å². The van der Waals surface area contributed by atoms with Gasteiger partial charge in [-0.05, 0) is 53.8 Å². The number of halogens is 2. The lowest BCUT2D eigenvalue weighted by Crippen LogP contribution is -2.11. The number of hydrogen-bond donors (Lipinski definition) is 1. The van der Waals surface area contributed by atoms with Gasteiger partial charge in [-0.1, -0.05) is 17.7 Å². The molecule has 1 aromatic heterocycles. The number of thiophene rings is 1. The molecule has 0 amide bonds. The first-order valence-corrected chi connectivity index (χ1v) is 8.47. The first-order chi connectivity index (χ1) is 9.99. The second-order valence-corrected chi connectivity index (χ2v) is 7.55. The molecule has 0 aliphatic rings. The van der Waals surface area contributed by atoms with Gasteiger partial charge >= 0.3 is 0 Å². The molecule has 1 heterocycles. The van der Waals surface area contributed by atoms with Crippen LogP contribution in [0.1, 0.15) is 10.4 Å². The highest BCUT2D eigenvalue weighted by atomic mass is 79.9. The minimum Gasteiger partial charge on any atom is -0.495 e. The number of hydrogen-bond acceptors (Lipinski definition) is 4. The number of anilines is 1. The van der Waals surface area contributed by atoms with Crippen molar-refractivity contribution in [2.24, 2.45) is 0 Å². The molecule has 0 radical (unpaired) electrons. The molecule has 0 fully saturated rings. The van der Waals surface area contributed by atoms with Crippen molar-refractivity contribution in [2.75, 3.05) is 26.5 Å². The number of ether oxygens (including phenoxy) is 1. The quantitative estimate of drug-likeness (QED) is 0.764. The summed E-state index contributed by atoms with van der Waals surface area (Å²) >= 11 is 11.1. The second-order valence-electron chi connectivity index (χ2n) is 4.96. The van der Waals surface area contributed by atoms with Gasteiger partial charge in [0.15, 0.2) is 0 Å². The number of benzene rings is 1. The molecule has 0 spiro atoms. The van der Waals surface area contributed by atoms with E-state index in [2.05, 4.69) is 52.4 Å². The lowest BCUT2D eigenvalue weighted by atomic mass is 10.1. The Balaban J connectivity index is 2.13. The minimum atomic E-state index is 0.720. The van der Waals surface area contributed by atoms with Gasteiger partial charge in [0.25, 0.3) is 0 Å². The summed E-state index contributed by atoms with van der Waals surface area (Å²) in [6, 6.07) is 8.25. The Bertz CT molecular complexity index is 596. The summed E-state index contributed by atoms with van der Waals surface area (Å²) in [6.07, 6.45) is 0. The van der Waals surface area contributed by atoms with E-state index >= 15 is 0 Å². The summed E-state index contributed by atoms with van der Waals surface area (Å²) in [7, 11) is 5.80. The molecule has 0 aliphatic carbocycles. The Labute approximate surface area is 143 Å². The Morgan fingerprint density at radius 1 is 1.33 bits per heavy atom. The average molecular weight is 390 g/mol. The normalized spacial score (nSPS) is 11.0. The summed E-state index contributed by atoms with van der Waals surface area (Å²) in [5, 5.41) is 3.42. The zero-order valence-electron chi connectivity index (χ0n) is 12.2. The molecule has 114 valence electrons. The summed E-state index contributed by atoms with van der Waals surface area (Å²) < 4.78 is 7.14. The van der Waals surface area contributed by atoms with Gasteiger partial charge < -0.3 is 15.0 Å². The number of rotatable bonds is 6. The number of methoxy groups -OCH3 is 1. The van der Waals surface area contributed by atoms with E-state index in [0.29, 0.717) is 0 Å². The Morgan fingerprint density at radius 3 is 2.67 bits per heavy atom. The van der Waals surface area contributed by atoms with Crippen molar-refractivity contribution < 1.29 is 4.74 Å². The van der Waals surface area contributed by atoms with Gasteiger partial charge in [0.05, 0.1) is 12.8 Å². The van der Waals surface area contributed by atoms with Crippen LogP contribution in [-0.2, 0) is 13.1 Å². The summed E-state index contributed by atoms with van der Waals surface area (Å²) in [5.41, 5.74) is 2.24. The van der Waals surface area contributed by atoms with E-state index < -0.39 is 0 Å². The third-order valence-electron chi connectivity index (χ3n) is 2.91. The van der Waals surface area contributed by atoms with E-state index in [1.54, 1.807) is 18.4 Å². The molecule has 21 heavy (non-hydrogen) atoms. The zero-order valence-corrected chi connectivity index (χ0v) is 15.4. The SMILES string of the molecule is COc1ccc(CN(C)C)cc1NCc1cc(Br)c(Cl)s1. The van der Waals surface area contributed by atoms with E-state index in [4.69, 9.17) is 16.3 Å². The highest BCUT2D eigenvalue weighted by Gasteiger charge is 2.08. The molecular weight excluding hydrogens is 372 g/mol. The first kappa shape index (κ1) is 16.6. The van der Waals surface area contributed by atoms with Gasteiger partial charge in [-0.25, -0.2) is 0 Å². The Morgan fingerprint density at radius 2 is 2.10 bits per heavy atom. The van der Waals surface area contributed by atoms with E-state index in [1.807, 2.05) is 12.1 Å². The van der Waals surface area contributed by atoms with Crippen LogP contribution < -0.4 is 10.1 Å². The highest BCUT2D eigenvalue weighted by Crippen LogP contribution is 2.33. The van der Waals surface area contributed by atoms with E-state index in [0.717, 1.165) is 33.3 Å². The monoisotopic (exact) mass is 388 g/mol. The van der Waals surface area contributed by atoms with Crippen LogP contribution in [0, 0.1) is 0 Å². The van der Waals surface area contributed by atoms with Gasteiger partial charge in [0, 0.05) is 22.4 Å². The Hall–Kier alpha value is -0.750. The molecule has 1 aromatic carbocycles. The molecule has 0 saturated carbocycles. The summed E-state index contributed by atoms with van der Waals surface area (Å²) in [6.45, 7) is 1.62. The number of nitrogens with one attached hydrogen (secondary N) is 1. The molecule has 0 atom stereocenters. The third kappa shape index (κ3) is 4.61. The van der Waals surface area contributed by atoms with Crippen LogP contribution in [0.3, 0.4) is 0 Å². The van der Waals surface area contributed by atoms with Crippen molar-refractivity contribution in [1.82, 2.24) is 4.90 Å². The molecular formula is C15H18BrClN2OS. The van der Waals surface area contributed by atoms with Crippen LogP contribution in [0.5, 0.6) is 5.75 Å². The van der Waals surface area contributed by atoms with Crippen LogP contribution in [0.15, 0.2) is 28.7 Å². The van der Waals surface area contributed by atoms with Crippen molar-refractivity contribution in [3.05, 3.63) is 43.5 Å². The lowest BCUT2D eigenvalue weighted by molar-refractivity contribution is 0.400. The summed E-state index contributed by atoms with van der Waals surface area (Å²) in [4.78, 5) is 3.31. The van der Waals surface area contributed by atoms with Crippen LogP contribution in [-0.4, -0.2) is 26.1 Å². The maximum absolute atomic E-state index is 6.07. The predicted molar refractivity (Wildman–Crippen MR) is 94.7 cm³/mol. The van der Waals surface area contributed by atoms with Crippen molar-refractivity contribution >= 4 is 44.6 Å². The molecule has 0 aliphatic heterocycles. The van der Waals surface area contributed by atoms with Crippen molar-refractivity contribution in [3.8, 4) is 5.75 Å². The maximum atomic E-state index is 6.07. The molecule has 0 unspecified atom stereocenters. The molecule has 1 N–H and O–H groups in total. The highest BCUT2D eigenvalue weighted by molar-refractivity contribution is 9.10. The van der Waals surface area contributed by atoms with E-state index in [1.165, 1.54) is 10.4 Å².